The highest BCUT2D eigenvalue weighted by atomic mass is 16.5. The van der Waals surface area contributed by atoms with E-state index in [1.165, 1.54) is 6.92 Å². The molecule has 2 amide bonds. The number of hydrogen-bond donors (Lipinski definition) is 2. The van der Waals surface area contributed by atoms with E-state index in [2.05, 4.69) is 10.6 Å². The Morgan fingerprint density at radius 2 is 1.77 bits per heavy atom. The molecule has 0 saturated carbocycles. The van der Waals surface area contributed by atoms with Gasteiger partial charge in [-0.25, -0.2) is 4.79 Å². The number of hydrogen-bond acceptors (Lipinski definition) is 4. The summed E-state index contributed by atoms with van der Waals surface area (Å²) in [6.45, 7) is 4.19. The van der Waals surface area contributed by atoms with Gasteiger partial charge in [0.1, 0.15) is 0 Å². The average molecular weight is 306 g/mol. The summed E-state index contributed by atoms with van der Waals surface area (Å²) in [5, 5.41) is 5.34. The Morgan fingerprint density at radius 1 is 1.09 bits per heavy atom. The maximum absolute atomic E-state index is 11.8. The van der Waals surface area contributed by atoms with Gasteiger partial charge in [-0.05, 0) is 24.1 Å². The number of carbonyl (C=O) groups excluding carboxylic acids is 3. The van der Waals surface area contributed by atoms with Crippen LogP contribution in [0.1, 0.15) is 42.6 Å². The van der Waals surface area contributed by atoms with E-state index in [-0.39, 0.29) is 18.4 Å². The van der Waals surface area contributed by atoms with Gasteiger partial charge >= 0.3 is 5.97 Å². The predicted octanol–water partition coefficient (Wildman–Crippen LogP) is 1.40. The Kier molecular flexibility index (Phi) is 7.67. The van der Waals surface area contributed by atoms with E-state index in [0.717, 1.165) is 18.4 Å². The number of amides is 2. The minimum absolute atomic E-state index is 0.113. The summed E-state index contributed by atoms with van der Waals surface area (Å²) >= 11 is 0. The maximum atomic E-state index is 11.8. The third-order valence-electron chi connectivity index (χ3n) is 2.92. The van der Waals surface area contributed by atoms with Crippen LogP contribution >= 0.6 is 0 Å². The molecule has 0 aliphatic carbocycles. The molecule has 1 aromatic rings. The summed E-state index contributed by atoms with van der Waals surface area (Å²) in [5.74, 6) is -0.960. The van der Waals surface area contributed by atoms with Crippen molar-refractivity contribution in [2.75, 3.05) is 13.2 Å². The number of carbonyl (C=O) groups is 3. The van der Waals surface area contributed by atoms with E-state index in [9.17, 15) is 14.4 Å². The fraction of sp³-hybridized carbons (Fsp3) is 0.438. The normalized spacial score (nSPS) is 9.91. The number of unbranched alkanes of at least 4 members (excludes halogenated alkanes) is 1. The number of ether oxygens (including phenoxy) is 1. The fourth-order valence-electron chi connectivity index (χ4n) is 1.66. The Balaban J connectivity index is 2.39. The zero-order chi connectivity index (χ0) is 16.4. The second-order valence-corrected chi connectivity index (χ2v) is 4.89. The van der Waals surface area contributed by atoms with Crippen molar-refractivity contribution in [1.29, 1.82) is 0 Å². The van der Waals surface area contributed by atoms with E-state index >= 15 is 0 Å². The van der Waals surface area contributed by atoms with Crippen LogP contribution in [-0.4, -0.2) is 30.9 Å². The highest BCUT2D eigenvalue weighted by Gasteiger charge is 2.09. The Hall–Kier alpha value is -2.37. The van der Waals surface area contributed by atoms with Crippen molar-refractivity contribution in [3.63, 3.8) is 0 Å². The molecule has 0 unspecified atom stereocenters. The van der Waals surface area contributed by atoms with Crippen LogP contribution in [0, 0.1) is 0 Å². The van der Waals surface area contributed by atoms with Gasteiger partial charge < -0.3 is 15.4 Å². The van der Waals surface area contributed by atoms with Gasteiger partial charge in [0.15, 0.2) is 6.61 Å². The highest BCUT2D eigenvalue weighted by Crippen LogP contribution is 2.06. The van der Waals surface area contributed by atoms with E-state index in [4.69, 9.17) is 4.74 Å². The molecule has 0 radical (unpaired) electrons. The minimum atomic E-state index is -0.545. The molecule has 6 nitrogen and oxygen atoms in total. The number of rotatable bonds is 8. The molecule has 0 spiro atoms. The van der Waals surface area contributed by atoms with Crippen LogP contribution in [0.2, 0.25) is 0 Å². The van der Waals surface area contributed by atoms with Crippen LogP contribution in [0.25, 0.3) is 0 Å². The summed E-state index contributed by atoms with van der Waals surface area (Å²) < 4.78 is 4.94. The first kappa shape index (κ1) is 17.7. The van der Waals surface area contributed by atoms with Crippen molar-refractivity contribution in [3.8, 4) is 0 Å². The largest absolute Gasteiger partial charge is 0.452 e. The molecule has 0 bridgehead atoms. The molecule has 120 valence electrons. The number of nitrogens with one attached hydrogen (secondary N) is 2. The van der Waals surface area contributed by atoms with Crippen LogP contribution < -0.4 is 10.6 Å². The molecular weight excluding hydrogens is 284 g/mol. The van der Waals surface area contributed by atoms with Crippen LogP contribution in [0.15, 0.2) is 24.3 Å². The van der Waals surface area contributed by atoms with Gasteiger partial charge in [0.05, 0.1) is 5.56 Å². The topological polar surface area (TPSA) is 84.5 Å². The second kappa shape index (κ2) is 9.55. The monoisotopic (exact) mass is 306 g/mol. The van der Waals surface area contributed by atoms with Crippen LogP contribution in [-0.2, 0) is 20.9 Å². The summed E-state index contributed by atoms with van der Waals surface area (Å²) in [7, 11) is 0. The summed E-state index contributed by atoms with van der Waals surface area (Å²) in [6, 6.07) is 6.67. The van der Waals surface area contributed by atoms with Crippen LogP contribution in [0.3, 0.4) is 0 Å². The molecule has 22 heavy (non-hydrogen) atoms. The lowest BCUT2D eigenvalue weighted by atomic mass is 10.1. The quantitative estimate of drug-likeness (QED) is 0.561. The van der Waals surface area contributed by atoms with Crippen LogP contribution in [0.4, 0.5) is 0 Å². The number of esters is 1. The number of benzene rings is 1. The zero-order valence-corrected chi connectivity index (χ0v) is 13.0. The average Bonchev–Trinajstić information content (AvgIpc) is 2.51. The van der Waals surface area contributed by atoms with Crippen molar-refractivity contribution < 1.29 is 19.1 Å². The predicted molar refractivity (Wildman–Crippen MR) is 82.2 cm³/mol. The smallest absolute Gasteiger partial charge is 0.338 e. The van der Waals surface area contributed by atoms with Crippen molar-refractivity contribution in [3.05, 3.63) is 35.4 Å². The lowest BCUT2D eigenvalue weighted by Crippen LogP contribution is -2.29. The molecule has 2 N–H and O–H groups in total. The van der Waals surface area contributed by atoms with E-state index in [0.29, 0.717) is 18.7 Å². The zero-order valence-electron chi connectivity index (χ0n) is 13.0. The van der Waals surface area contributed by atoms with Crippen molar-refractivity contribution in [2.45, 2.75) is 33.2 Å². The molecule has 0 aromatic heterocycles. The van der Waals surface area contributed by atoms with Gasteiger partial charge in [-0.2, -0.15) is 0 Å². The standard InChI is InChI=1S/C16H22N2O4/c1-3-4-9-17-15(20)11-22-16(21)14-7-5-13(6-8-14)10-18-12(2)19/h5-8H,3-4,9-11H2,1-2H3,(H,17,20)(H,18,19). The highest BCUT2D eigenvalue weighted by molar-refractivity contribution is 5.91. The van der Waals surface area contributed by atoms with Gasteiger partial charge in [-0.15, -0.1) is 0 Å². The summed E-state index contributed by atoms with van der Waals surface area (Å²) in [6.07, 6.45) is 1.89. The molecule has 0 saturated heterocycles. The molecule has 0 fully saturated rings. The third-order valence-corrected chi connectivity index (χ3v) is 2.92. The molecule has 0 aliphatic heterocycles. The lowest BCUT2D eigenvalue weighted by molar-refractivity contribution is -0.124. The molecule has 0 aliphatic rings. The first-order chi connectivity index (χ1) is 10.5. The molecule has 1 aromatic carbocycles. The van der Waals surface area contributed by atoms with E-state index in [1.54, 1.807) is 24.3 Å². The van der Waals surface area contributed by atoms with Gasteiger partial charge in [-0.1, -0.05) is 25.5 Å². The maximum Gasteiger partial charge on any atom is 0.338 e. The van der Waals surface area contributed by atoms with Gasteiger partial charge in [0.25, 0.3) is 5.91 Å². The van der Waals surface area contributed by atoms with Crippen molar-refractivity contribution in [1.82, 2.24) is 10.6 Å². The summed E-state index contributed by atoms with van der Waals surface area (Å²) in [4.78, 5) is 34.0. The lowest BCUT2D eigenvalue weighted by Gasteiger charge is -2.07. The van der Waals surface area contributed by atoms with Crippen LogP contribution in [0.5, 0.6) is 0 Å². The molecule has 0 heterocycles. The van der Waals surface area contributed by atoms with E-state index in [1.807, 2.05) is 6.92 Å². The van der Waals surface area contributed by atoms with Gasteiger partial charge in [0.2, 0.25) is 5.91 Å². The first-order valence-electron chi connectivity index (χ1n) is 7.30. The van der Waals surface area contributed by atoms with E-state index < -0.39 is 5.97 Å². The Morgan fingerprint density at radius 3 is 2.36 bits per heavy atom. The Labute approximate surface area is 130 Å². The third kappa shape index (κ3) is 6.88. The van der Waals surface area contributed by atoms with Crippen molar-refractivity contribution >= 4 is 17.8 Å². The van der Waals surface area contributed by atoms with Gasteiger partial charge in [0, 0.05) is 20.0 Å². The molecule has 0 atom stereocenters. The summed E-state index contributed by atoms with van der Waals surface area (Å²) in [5.41, 5.74) is 1.25. The Bertz CT molecular complexity index is 511. The fourth-order valence-corrected chi connectivity index (χ4v) is 1.66. The molecule has 1 rings (SSSR count). The first-order valence-corrected chi connectivity index (χ1v) is 7.30. The van der Waals surface area contributed by atoms with Crippen molar-refractivity contribution in [2.24, 2.45) is 0 Å². The molecule has 6 heteroatoms. The second-order valence-electron chi connectivity index (χ2n) is 4.89. The minimum Gasteiger partial charge on any atom is -0.452 e. The molecular formula is C16H22N2O4. The van der Waals surface area contributed by atoms with Gasteiger partial charge in [-0.3, -0.25) is 9.59 Å². The SMILES string of the molecule is CCCCNC(=O)COC(=O)c1ccc(CNC(C)=O)cc1.